The summed E-state index contributed by atoms with van der Waals surface area (Å²) in [5, 5.41) is 6.52. The van der Waals surface area contributed by atoms with Gasteiger partial charge in [-0.15, -0.1) is 0 Å². The molecule has 5 heteroatoms. The Labute approximate surface area is 127 Å². The summed E-state index contributed by atoms with van der Waals surface area (Å²) >= 11 is 0. The topological polar surface area (TPSA) is 54.9 Å². The lowest BCUT2D eigenvalue weighted by atomic mass is 10.2. The maximum Gasteiger partial charge on any atom is 0.191 e. The molecule has 0 radical (unpaired) electrons. The summed E-state index contributed by atoms with van der Waals surface area (Å²) in [5.74, 6) is 2.86. The lowest BCUT2D eigenvalue weighted by Crippen LogP contribution is -2.42. The first-order valence-electron chi connectivity index (χ1n) is 7.31. The van der Waals surface area contributed by atoms with Gasteiger partial charge in [0.15, 0.2) is 17.5 Å². The zero-order valence-electron chi connectivity index (χ0n) is 13.6. The zero-order chi connectivity index (χ0) is 15.7. The number of benzene rings is 1. The predicted molar refractivity (Wildman–Crippen MR) is 87.3 cm³/mol. The van der Waals surface area contributed by atoms with Crippen LogP contribution >= 0.6 is 0 Å². The van der Waals surface area contributed by atoms with Crippen molar-refractivity contribution in [3.8, 4) is 11.5 Å². The van der Waals surface area contributed by atoms with Crippen molar-refractivity contribution in [2.45, 2.75) is 26.9 Å². The second-order valence-electron chi connectivity index (χ2n) is 5.31. The van der Waals surface area contributed by atoms with E-state index in [0.717, 1.165) is 24.0 Å². The van der Waals surface area contributed by atoms with E-state index in [1.807, 2.05) is 31.2 Å². The molecule has 118 valence electrons. The zero-order valence-corrected chi connectivity index (χ0v) is 13.6. The van der Waals surface area contributed by atoms with E-state index in [9.17, 15) is 0 Å². The van der Waals surface area contributed by atoms with Crippen molar-refractivity contribution in [1.29, 1.82) is 0 Å². The van der Waals surface area contributed by atoms with Gasteiger partial charge in [-0.3, -0.25) is 4.99 Å². The number of nitrogens with one attached hydrogen (secondary N) is 2. The minimum atomic E-state index is -0.00102. The molecule has 1 aromatic rings. The maximum absolute atomic E-state index is 5.89. The normalized spacial score (nSPS) is 13.0. The molecule has 0 amide bonds. The Hall–Kier alpha value is -1.91. The third-order valence-electron chi connectivity index (χ3n) is 2.86. The van der Waals surface area contributed by atoms with Gasteiger partial charge in [-0.1, -0.05) is 26.0 Å². The summed E-state index contributed by atoms with van der Waals surface area (Å²) in [4.78, 5) is 4.19. The number of hydrogen-bond donors (Lipinski definition) is 2. The summed E-state index contributed by atoms with van der Waals surface area (Å²) < 4.78 is 11.2. The number of aliphatic imine (C=N–C) groups is 1. The molecule has 0 heterocycles. The van der Waals surface area contributed by atoms with Crippen LogP contribution in [0.15, 0.2) is 29.3 Å². The summed E-state index contributed by atoms with van der Waals surface area (Å²) in [7, 11) is 3.41. The fourth-order valence-corrected chi connectivity index (χ4v) is 1.74. The van der Waals surface area contributed by atoms with Crippen LogP contribution in [0.5, 0.6) is 11.5 Å². The van der Waals surface area contributed by atoms with E-state index in [-0.39, 0.29) is 6.10 Å². The van der Waals surface area contributed by atoms with Crippen LogP contribution in [-0.2, 0) is 0 Å². The van der Waals surface area contributed by atoms with Gasteiger partial charge < -0.3 is 20.1 Å². The molecular formula is C16H27N3O2. The number of ether oxygens (including phenoxy) is 2. The fourth-order valence-electron chi connectivity index (χ4n) is 1.74. The summed E-state index contributed by atoms with van der Waals surface area (Å²) in [6, 6.07) is 7.65. The molecule has 1 atom stereocenters. The molecule has 5 nitrogen and oxygen atoms in total. The SMILES string of the molecule is CN=C(NCC(C)C)NCC(C)Oc1ccccc1OC. The van der Waals surface area contributed by atoms with Crippen LogP contribution in [0.1, 0.15) is 20.8 Å². The van der Waals surface area contributed by atoms with Gasteiger partial charge in [-0.25, -0.2) is 0 Å². The van der Waals surface area contributed by atoms with Gasteiger partial charge in [0.05, 0.1) is 13.7 Å². The Bertz CT molecular complexity index is 447. The van der Waals surface area contributed by atoms with Gasteiger partial charge in [0.1, 0.15) is 6.10 Å². The first-order valence-corrected chi connectivity index (χ1v) is 7.31. The Balaban J connectivity index is 2.44. The minimum Gasteiger partial charge on any atom is -0.493 e. The Morgan fingerprint density at radius 1 is 1.10 bits per heavy atom. The molecule has 1 aromatic carbocycles. The molecule has 0 spiro atoms. The average Bonchev–Trinajstić information content (AvgIpc) is 2.47. The molecule has 2 N–H and O–H groups in total. The second-order valence-corrected chi connectivity index (χ2v) is 5.31. The van der Waals surface area contributed by atoms with Crippen LogP contribution in [0.3, 0.4) is 0 Å². The van der Waals surface area contributed by atoms with Crippen LogP contribution < -0.4 is 20.1 Å². The van der Waals surface area contributed by atoms with Crippen molar-refractivity contribution in [2.75, 3.05) is 27.2 Å². The monoisotopic (exact) mass is 293 g/mol. The van der Waals surface area contributed by atoms with E-state index in [1.165, 1.54) is 0 Å². The van der Waals surface area contributed by atoms with Gasteiger partial charge in [0.25, 0.3) is 0 Å². The summed E-state index contributed by atoms with van der Waals surface area (Å²) in [6.45, 7) is 7.88. The van der Waals surface area contributed by atoms with E-state index in [0.29, 0.717) is 12.5 Å². The van der Waals surface area contributed by atoms with Crippen LogP contribution in [0, 0.1) is 5.92 Å². The van der Waals surface area contributed by atoms with Crippen LogP contribution in [0.4, 0.5) is 0 Å². The van der Waals surface area contributed by atoms with Gasteiger partial charge in [0.2, 0.25) is 0 Å². The molecule has 1 unspecified atom stereocenters. The predicted octanol–water partition coefficient (Wildman–Crippen LogP) is 2.28. The van der Waals surface area contributed by atoms with Gasteiger partial charge >= 0.3 is 0 Å². The number of nitrogens with zero attached hydrogens (tertiary/aromatic N) is 1. The Morgan fingerprint density at radius 3 is 2.29 bits per heavy atom. The highest BCUT2D eigenvalue weighted by Crippen LogP contribution is 2.26. The van der Waals surface area contributed by atoms with E-state index < -0.39 is 0 Å². The van der Waals surface area contributed by atoms with E-state index in [4.69, 9.17) is 9.47 Å². The second kappa shape index (κ2) is 9.10. The Morgan fingerprint density at radius 2 is 1.71 bits per heavy atom. The van der Waals surface area contributed by atoms with Crippen LogP contribution in [0.2, 0.25) is 0 Å². The fraction of sp³-hybridized carbons (Fsp3) is 0.562. The smallest absolute Gasteiger partial charge is 0.191 e. The molecule has 0 aliphatic carbocycles. The molecule has 0 saturated heterocycles. The quantitative estimate of drug-likeness (QED) is 0.598. The minimum absolute atomic E-state index is 0.00102. The van der Waals surface area contributed by atoms with Gasteiger partial charge in [-0.05, 0) is 25.0 Å². The van der Waals surface area contributed by atoms with Crippen molar-refractivity contribution in [3.05, 3.63) is 24.3 Å². The van der Waals surface area contributed by atoms with Gasteiger partial charge in [0, 0.05) is 13.6 Å². The highest BCUT2D eigenvalue weighted by atomic mass is 16.5. The standard InChI is InChI=1S/C16H27N3O2/c1-12(2)10-18-16(17-4)19-11-13(3)21-15-9-7-6-8-14(15)20-5/h6-9,12-13H,10-11H2,1-5H3,(H2,17,18,19). The summed E-state index contributed by atoms with van der Waals surface area (Å²) in [5.41, 5.74) is 0. The lowest BCUT2D eigenvalue weighted by molar-refractivity contribution is 0.213. The van der Waals surface area contributed by atoms with Gasteiger partial charge in [-0.2, -0.15) is 0 Å². The van der Waals surface area contributed by atoms with Crippen molar-refractivity contribution in [2.24, 2.45) is 10.9 Å². The van der Waals surface area contributed by atoms with Crippen molar-refractivity contribution < 1.29 is 9.47 Å². The first kappa shape index (κ1) is 17.1. The molecule has 21 heavy (non-hydrogen) atoms. The number of guanidine groups is 1. The number of methoxy groups -OCH3 is 1. The van der Waals surface area contributed by atoms with Crippen LogP contribution in [-0.4, -0.2) is 39.3 Å². The largest absolute Gasteiger partial charge is 0.493 e. The molecule has 0 aliphatic heterocycles. The maximum atomic E-state index is 5.89. The molecule has 1 rings (SSSR count). The highest BCUT2D eigenvalue weighted by molar-refractivity contribution is 5.79. The highest BCUT2D eigenvalue weighted by Gasteiger charge is 2.09. The number of rotatable bonds is 7. The molecule has 0 saturated carbocycles. The molecular weight excluding hydrogens is 266 g/mol. The van der Waals surface area contributed by atoms with E-state index in [1.54, 1.807) is 14.2 Å². The molecule has 0 aromatic heterocycles. The average molecular weight is 293 g/mol. The molecule has 0 fully saturated rings. The van der Waals surface area contributed by atoms with E-state index in [2.05, 4.69) is 29.5 Å². The summed E-state index contributed by atoms with van der Waals surface area (Å²) in [6.07, 6.45) is -0.00102. The third-order valence-corrected chi connectivity index (χ3v) is 2.86. The number of hydrogen-bond acceptors (Lipinski definition) is 3. The van der Waals surface area contributed by atoms with Crippen molar-refractivity contribution >= 4 is 5.96 Å². The van der Waals surface area contributed by atoms with Crippen LogP contribution in [0.25, 0.3) is 0 Å². The van der Waals surface area contributed by atoms with Crippen molar-refractivity contribution in [1.82, 2.24) is 10.6 Å². The van der Waals surface area contributed by atoms with Crippen molar-refractivity contribution in [3.63, 3.8) is 0 Å². The number of para-hydroxylation sites is 2. The van der Waals surface area contributed by atoms with E-state index >= 15 is 0 Å². The molecule has 0 bridgehead atoms. The third kappa shape index (κ3) is 6.38. The Kier molecular flexibility index (Phi) is 7.43. The first-order chi connectivity index (χ1) is 10.1. The molecule has 0 aliphatic rings. The lowest BCUT2D eigenvalue weighted by Gasteiger charge is -2.19.